The van der Waals surface area contributed by atoms with Gasteiger partial charge in [0.15, 0.2) is 0 Å². The average molecular weight is 330 g/mol. The van der Waals surface area contributed by atoms with Crippen LogP contribution in [0.1, 0.15) is 19.8 Å². The fraction of sp³-hybridized carbons (Fsp3) is 0.600. The van der Waals surface area contributed by atoms with Crippen LogP contribution in [0.2, 0.25) is 0 Å². The van der Waals surface area contributed by atoms with Crippen molar-refractivity contribution in [3.05, 3.63) is 22.1 Å². The summed E-state index contributed by atoms with van der Waals surface area (Å²) in [7, 11) is 0. The fourth-order valence-electron chi connectivity index (χ4n) is 1.21. The summed E-state index contributed by atoms with van der Waals surface area (Å²) >= 11 is 12.5. The van der Waals surface area contributed by atoms with Gasteiger partial charge in [0.25, 0.3) is 0 Å². The Kier molecular flexibility index (Phi) is 8.53. The van der Waals surface area contributed by atoms with Gasteiger partial charge < -0.3 is 0 Å². The maximum Gasteiger partial charge on any atom is 0.0567 e. The topological polar surface area (TPSA) is 0 Å². The maximum atomic E-state index is 5.71. The molecule has 0 N–H and O–H groups in total. The van der Waals surface area contributed by atoms with Crippen molar-refractivity contribution in [3.63, 3.8) is 0 Å². The third-order valence-corrected chi connectivity index (χ3v) is 2.82. The van der Waals surface area contributed by atoms with E-state index in [1.807, 2.05) is 6.08 Å². The van der Waals surface area contributed by atoms with Gasteiger partial charge >= 0.3 is 0 Å². The molecular weight excluding hydrogens is 315 g/mol. The lowest BCUT2D eigenvalue weighted by Gasteiger charge is -2.18. The monoisotopic (exact) mass is 328 g/mol. The van der Waals surface area contributed by atoms with Gasteiger partial charge in [0.1, 0.15) is 0 Å². The molecule has 0 unspecified atom stereocenters. The van der Waals surface area contributed by atoms with Crippen LogP contribution in [0, 0.1) is 11.8 Å². The van der Waals surface area contributed by atoms with Crippen molar-refractivity contribution in [2.45, 2.75) is 19.8 Å². The minimum atomic E-state index is 0.519. The van der Waals surface area contributed by atoms with Gasteiger partial charge in [0.2, 0.25) is 0 Å². The van der Waals surface area contributed by atoms with Crippen molar-refractivity contribution in [1.82, 2.24) is 0 Å². The first-order valence-electron chi connectivity index (χ1n) is 4.31. The van der Waals surface area contributed by atoms with Crippen LogP contribution in [0.4, 0.5) is 0 Å². The number of hydrogen-bond donors (Lipinski definition) is 0. The summed E-state index contributed by atoms with van der Waals surface area (Å²) in [5, 5.41) is 0. The van der Waals surface area contributed by atoms with Crippen LogP contribution < -0.4 is 0 Å². The third kappa shape index (κ3) is 6.75. The molecule has 2 atom stereocenters. The molecule has 0 aliphatic heterocycles. The smallest absolute Gasteiger partial charge is 0.0567 e. The van der Waals surface area contributed by atoms with Gasteiger partial charge in [-0.2, -0.15) is 0 Å². The van der Waals surface area contributed by atoms with Crippen molar-refractivity contribution in [2.75, 3.05) is 5.88 Å². The first-order chi connectivity index (χ1) is 6.11. The second kappa shape index (κ2) is 8.07. The highest BCUT2D eigenvalue weighted by Crippen LogP contribution is 2.26. The molecule has 0 spiro atoms. The lowest BCUT2D eigenvalue weighted by atomic mass is 9.89. The number of alkyl halides is 1. The van der Waals surface area contributed by atoms with Gasteiger partial charge in [-0.15, -0.1) is 18.2 Å². The number of halogens is 3. The molecule has 0 aromatic carbocycles. The second-order valence-corrected chi connectivity index (χ2v) is 6.25. The summed E-state index contributed by atoms with van der Waals surface area (Å²) in [5.74, 6) is 1.84. The Balaban J connectivity index is 4.22. The van der Waals surface area contributed by atoms with E-state index in [2.05, 4.69) is 51.4 Å². The quantitative estimate of drug-likeness (QED) is 0.471. The van der Waals surface area contributed by atoms with Crippen molar-refractivity contribution >= 4 is 43.5 Å². The molecule has 0 amide bonds. The van der Waals surface area contributed by atoms with E-state index in [4.69, 9.17) is 11.6 Å². The molecule has 76 valence electrons. The second-order valence-electron chi connectivity index (χ2n) is 3.10. The highest BCUT2D eigenvalue weighted by atomic mass is 79.9. The minimum absolute atomic E-state index is 0.519. The standard InChI is InChI=1S/C10H15Br2Cl/c1-3-4-9(7-10(11)12)8(2)5-6-13/h3,7-9H,1,4-6H2,2H3/t8-,9-/m1/s1. The molecule has 0 radical (unpaired) electrons. The summed E-state index contributed by atoms with van der Waals surface area (Å²) in [6, 6.07) is 0. The Bertz CT molecular complexity index is 174. The van der Waals surface area contributed by atoms with Gasteiger partial charge in [-0.05, 0) is 56.5 Å². The Hall–Kier alpha value is 0.730. The molecule has 3 heteroatoms. The van der Waals surface area contributed by atoms with E-state index in [1.54, 1.807) is 0 Å². The molecule has 0 aliphatic rings. The predicted octanol–water partition coefficient (Wildman–Crippen LogP) is 5.07. The first-order valence-corrected chi connectivity index (χ1v) is 6.43. The van der Waals surface area contributed by atoms with Crippen LogP contribution in [0.3, 0.4) is 0 Å². The Labute approximate surface area is 103 Å². The van der Waals surface area contributed by atoms with Crippen molar-refractivity contribution < 1.29 is 0 Å². The minimum Gasteiger partial charge on any atom is -0.127 e. The van der Waals surface area contributed by atoms with Gasteiger partial charge in [0.05, 0.1) is 3.39 Å². The molecule has 0 saturated carbocycles. The fourth-order valence-corrected chi connectivity index (χ4v) is 2.23. The zero-order valence-corrected chi connectivity index (χ0v) is 11.7. The molecule has 0 aliphatic carbocycles. The molecule has 0 fully saturated rings. The van der Waals surface area contributed by atoms with E-state index < -0.39 is 0 Å². The van der Waals surface area contributed by atoms with E-state index >= 15 is 0 Å². The molecule has 0 bridgehead atoms. The largest absolute Gasteiger partial charge is 0.127 e. The first kappa shape index (κ1) is 13.7. The van der Waals surface area contributed by atoms with Crippen LogP contribution >= 0.6 is 43.5 Å². The number of allylic oxidation sites excluding steroid dienone is 2. The highest BCUT2D eigenvalue weighted by molar-refractivity contribution is 9.28. The Morgan fingerprint density at radius 3 is 2.54 bits per heavy atom. The van der Waals surface area contributed by atoms with Gasteiger partial charge in [0, 0.05) is 5.88 Å². The summed E-state index contributed by atoms with van der Waals surface area (Å²) in [4.78, 5) is 0. The van der Waals surface area contributed by atoms with Crippen LogP contribution in [0.5, 0.6) is 0 Å². The van der Waals surface area contributed by atoms with Crippen molar-refractivity contribution in [3.8, 4) is 0 Å². The average Bonchev–Trinajstić information content (AvgIpc) is 2.03. The van der Waals surface area contributed by atoms with E-state index in [1.165, 1.54) is 0 Å². The highest BCUT2D eigenvalue weighted by Gasteiger charge is 2.13. The third-order valence-electron chi connectivity index (χ3n) is 2.07. The SMILES string of the molecule is C=CC[C@H](C=C(Br)Br)[C@H](C)CCCl. The summed E-state index contributed by atoms with van der Waals surface area (Å²) in [6.07, 6.45) is 6.16. The molecular formula is C10H15Br2Cl. The van der Waals surface area contributed by atoms with Crippen LogP contribution in [0.25, 0.3) is 0 Å². The lowest BCUT2D eigenvalue weighted by molar-refractivity contribution is 0.422. The summed E-state index contributed by atoms with van der Waals surface area (Å²) in [5.41, 5.74) is 0. The molecule has 0 aromatic heterocycles. The lowest BCUT2D eigenvalue weighted by Crippen LogP contribution is -2.09. The summed E-state index contributed by atoms with van der Waals surface area (Å²) in [6.45, 7) is 5.98. The zero-order valence-electron chi connectivity index (χ0n) is 7.77. The van der Waals surface area contributed by atoms with Gasteiger partial charge in [-0.3, -0.25) is 0 Å². The Morgan fingerprint density at radius 1 is 1.54 bits per heavy atom. The van der Waals surface area contributed by atoms with E-state index in [0.29, 0.717) is 11.8 Å². The zero-order chi connectivity index (χ0) is 10.3. The van der Waals surface area contributed by atoms with E-state index in [0.717, 1.165) is 22.1 Å². The normalized spacial score (nSPS) is 14.8. The van der Waals surface area contributed by atoms with Crippen molar-refractivity contribution in [1.29, 1.82) is 0 Å². The maximum absolute atomic E-state index is 5.71. The number of rotatable bonds is 6. The summed E-state index contributed by atoms with van der Waals surface area (Å²) < 4.78 is 1.01. The predicted molar refractivity (Wildman–Crippen MR) is 68.7 cm³/mol. The molecule has 0 rings (SSSR count). The van der Waals surface area contributed by atoms with Gasteiger partial charge in [-0.1, -0.05) is 19.1 Å². The molecule has 0 saturated heterocycles. The van der Waals surface area contributed by atoms with E-state index in [9.17, 15) is 0 Å². The molecule has 13 heavy (non-hydrogen) atoms. The van der Waals surface area contributed by atoms with E-state index in [-0.39, 0.29) is 0 Å². The van der Waals surface area contributed by atoms with Crippen LogP contribution in [-0.4, -0.2) is 5.88 Å². The molecule has 0 nitrogen and oxygen atoms in total. The Morgan fingerprint density at radius 2 is 2.15 bits per heavy atom. The van der Waals surface area contributed by atoms with Gasteiger partial charge in [-0.25, -0.2) is 0 Å². The van der Waals surface area contributed by atoms with Crippen molar-refractivity contribution in [2.24, 2.45) is 11.8 Å². The molecule has 0 heterocycles. The van der Waals surface area contributed by atoms with Crippen LogP contribution in [-0.2, 0) is 0 Å². The molecule has 0 aromatic rings. The van der Waals surface area contributed by atoms with Crippen LogP contribution in [0.15, 0.2) is 22.1 Å². The number of hydrogen-bond acceptors (Lipinski definition) is 0.